The third kappa shape index (κ3) is 3.28. The number of amides is 3. The minimum atomic E-state index is -0.312. The van der Waals surface area contributed by atoms with Gasteiger partial charge in [0.1, 0.15) is 5.82 Å². The van der Waals surface area contributed by atoms with Crippen molar-refractivity contribution in [1.29, 1.82) is 0 Å². The molecular formula is C17H14ClN3O3. The van der Waals surface area contributed by atoms with Crippen LogP contribution in [0.2, 0.25) is 5.02 Å². The van der Waals surface area contributed by atoms with Crippen molar-refractivity contribution in [2.75, 3.05) is 11.9 Å². The van der Waals surface area contributed by atoms with E-state index in [0.717, 1.165) is 0 Å². The van der Waals surface area contributed by atoms with Crippen LogP contribution in [0.25, 0.3) is 0 Å². The fourth-order valence-electron chi connectivity index (χ4n) is 2.52. The molecule has 0 unspecified atom stereocenters. The number of anilines is 1. The Morgan fingerprint density at radius 1 is 1.12 bits per heavy atom. The van der Waals surface area contributed by atoms with Crippen molar-refractivity contribution in [2.24, 2.45) is 0 Å². The summed E-state index contributed by atoms with van der Waals surface area (Å²) in [6.45, 7) is 0.197. The lowest BCUT2D eigenvalue weighted by Crippen LogP contribution is -2.31. The summed E-state index contributed by atoms with van der Waals surface area (Å²) in [6, 6.07) is 9.86. The van der Waals surface area contributed by atoms with Crippen LogP contribution in [0.15, 0.2) is 42.6 Å². The number of pyridine rings is 1. The van der Waals surface area contributed by atoms with Crippen LogP contribution in [-0.2, 0) is 4.79 Å². The zero-order valence-electron chi connectivity index (χ0n) is 12.7. The second kappa shape index (κ2) is 6.80. The summed E-state index contributed by atoms with van der Waals surface area (Å²) < 4.78 is 0. The summed E-state index contributed by atoms with van der Waals surface area (Å²) >= 11 is 5.82. The summed E-state index contributed by atoms with van der Waals surface area (Å²) in [6.07, 6.45) is 2.04. The molecule has 1 aromatic carbocycles. The maximum atomic E-state index is 12.2. The number of halogens is 1. The van der Waals surface area contributed by atoms with Crippen molar-refractivity contribution in [3.63, 3.8) is 0 Å². The van der Waals surface area contributed by atoms with Crippen molar-refractivity contribution in [3.8, 4) is 0 Å². The number of nitrogens with zero attached hydrogens (tertiary/aromatic N) is 2. The number of carbonyl (C=O) groups is 3. The first-order chi connectivity index (χ1) is 11.6. The molecule has 0 saturated heterocycles. The van der Waals surface area contributed by atoms with Crippen LogP contribution >= 0.6 is 11.6 Å². The Morgan fingerprint density at radius 2 is 1.79 bits per heavy atom. The predicted molar refractivity (Wildman–Crippen MR) is 88.9 cm³/mol. The fourth-order valence-corrected chi connectivity index (χ4v) is 2.68. The molecule has 0 radical (unpaired) electrons. The molecule has 1 N–H and O–H groups in total. The average molecular weight is 344 g/mol. The first-order valence-corrected chi connectivity index (χ1v) is 7.80. The van der Waals surface area contributed by atoms with E-state index in [9.17, 15) is 14.4 Å². The minimum absolute atomic E-state index is 0.168. The largest absolute Gasteiger partial charge is 0.311 e. The quantitative estimate of drug-likeness (QED) is 0.846. The molecule has 3 amide bonds. The van der Waals surface area contributed by atoms with E-state index in [1.807, 2.05) is 0 Å². The molecule has 0 spiro atoms. The van der Waals surface area contributed by atoms with Crippen molar-refractivity contribution >= 4 is 35.1 Å². The van der Waals surface area contributed by atoms with Crippen LogP contribution in [-0.4, -0.2) is 34.2 Å². The molecule has 7 heteroatoms. The van der Waals surface area contributed by atoms with Crippen LogP contribution < -0.4 is 5.32 Å². The Balaban J connectivity index is 1.53. The van der Waals surface area contributed by atoms with Crippen molar-refractivity contribution in [3.05, 3.63) is 58.7 Å². The van der Waals surface area contributed by atoms with Gasteiger partial charge in [0.25, 0.3) is 11.8 Å². The zero-order chi connectivity index (χ0) is 17.1. The summed E-state index contributed by atoms with van der Waals surface area (Å²) in [5.41, 5.74) is 0.824. The van der Waals surface area contributed by atoms with Gasteiger partial charge in [-0.15, -0.1) is 0 Å². The molecule has 24 heavy (non-hydrogen) atoms. The summed E-state index contributed by atoms with van der Waals surface area (Å²) in [4.78, 5) is 41.4. The molecule has 122 valence electrons. The van der Waals surface area contributed by atoms with E-state index in [-0.39, 0.29) is 30.7 Å². The third-order valence-electron chi connectivity index (χ3n) is 3.65. The van der Waals surface area contributed by atoms with Gasteiger partial charge in [-0.25, -0.2) is 4.98 Å². The molecule has 2 heterocycles. The molecule has 0 aliphatic carbocycles. The molecule has 1 aliphatic heterocycles. The molecule has 2 aromatic rings. The number of nitrogens with one attached hydrogen (secondary N) is 1. The number of imide groups is 1. The smallest absolute Gasteiger partial charge is 0.261 e. The molecule has 0 fully saturated rings. The van der Waals surface area contributed by atoms with Gasteiger partial charge in [0.05, 0.1) is 11.1 Å². The standard InChI is InChI=1S/C17H14ClN3O3/c18-11-7-8-19-14(10-11)20-15(22)6-3-9-21-16(23)12-4-1-2-5-13(12)17(21)24/h1-2,4-5,7-8,10H,3,6,9H2,(H,19,20,22). The Labute approximate surface area is 143 Å². The molecule has 3 rings (SSSR count). The number of aromatic nitrogens is 1. The summed E-state index contributed by atoms with van der Waals surface area (Å²) in [5, 5.41) is 3.10. The highest BCUT2D eigenvalue weighted by atomic mass is 35.5. The van der Waals surface area contributed by atoms with E-state index in [0.29, 0.717) is 28.4 Å². The van der Waals surface area contributed by atoms with Gasteiger partial charge in [0.15, 0.2) is 0 Å². The van der Waals surface area contributed by atoms with Gasteiger partial charge in [-0.2, -0.15) is 0 Å². The van der Waals surface area contributed by atoms with Gasteiger partial charge in [-0.3, -0.25) is 19.3 Å². The van der Waals surface area contributed by atoms with Crippen LogP contribution in [0.5, 0.6) is 0 Å². The maximum Gasteiger partial charge on any atom is 0.261 e. The molecule has 1 aromatic heterocycles. The highest BCUT2D eigenvalue weighted by Gasteiger charge is 2.34. The zero-order valence-corrected chi connectivity index (χ0v) is 13.4. The average Bonchev–Trinajstić information content (AvgIpc) is 2.80. The van der Waals surface area contributed by atoms with Crippen molar-refractivity contribution in [1.82, 2.24) is 9.88 Å². The Kier molecular flexibility index (Phi) is 4.57. The second-order valence-corrected chi connectivity index (χ2v) is 5.75. The van der Waals surface area contributed by atoms with Crippen LogP contribution in [0.1, 0.15) is 33.6 Å². The van der Waals surface area contributed by atoms with E-state index in [2.05, 4.69) is 10.3 Å². The van der Waals surface area contributed by atoms with E-state index in [4.69, 9.17) is 11.6 Å². The lowest BCUT2D eigenvalue weighted by molar-refractivity contribution is -0.116. The number of rotatable bonds is 5. The van der Waals surface area contributed by atoms with Crippen LogP contribution in [0.3, 0.4) is 0 Å². The van der Waals surface area contributed by atoms with E-state index in [1.165, 1.54) is 11.1 Å². The first kappa shape index (κ1) is 16.1. The van der Waals surface area contributed by atoms with E-state index >= 15 is 0 Å². The number of hydrogen-bond donors (Lipinski definition) is 1. The molecule has 1 aliphatic rings. The number of hydrogen-bond acceptors (Lipinski definition) is 4. The minimum Gasteiger partial charge on any atom is -0.311 e. The molecular weight excluding hydrogens is 330 g/mol. The topological polar surface area (TPSA) is 79.4 Å². The van der Waals surface area contributed by atoms with Gasteiger partial charge >= 0.3 is 0 Å². The second-order valence-electron chi connectivity index (χ2n) is 5.32. The number of carbonyl (C=O) groups excluding carboxylic acids is 3. The molecule has 0 bridgehead atoms. The lowest BCUT2D eigenvalue weighted by Gasteiger charge is -2.13. The highest BCUT2D eigenvalue weighted by molar-refractivity contribution is 6.30. The van der Waals surface area contributed by atoms with Gasteiger partial charge < -0.3 is 5.32 Å². The molecule has 0 atom stereocenters. The normalized spacial score (nSPS) is 13.1. The molecule has 6 nitrogen and oxygen atoms in total. The van der Waals surface area contributed by atoms with Gasteiger partial charge in [-0.1, -0.05) is 23.7 Å². The SMILES string of the molecule is O=C(CCCN1C(=O)c2ccccc2C1=O)Nc1cc(Cl)ccn1. The van der Waals surface area contributed by atoms with Crippen LogP contribution in [0.4, 0.5) is 5.82 Å². The van der Waals surface area contributed by atoms with Crippen molar-refractivity contribution in [2.45, 2.75) is 12.8 Å². The summed E-state index contributed by atoms with van der Waals surface area (Å²) in [7, 11) is 0. The van der Waals surface area contributed by atoms with Gasteiger partial charge in [0, 0.05) is 24.2 Å². The first-order valence-electron chi connectivity index (χ1n) is 7.43. The lowest BCUT2D eigenvalue weighted by atomic mass is 10.1. The van der Waals surface area contributed by atoms with Crippen molar-refractivity contribution < 1.29 is 14.4 Å². The third-order valence-corrected chi connectivity index (χ3v) is 3.89. The highest BCUT2D eigenvalue weighted by Crippen LogP contribution is 2.22. The maximum absolute atomic E-state index is 12.2. The number of fused-ring (bicyclic) bond motifs is 1. The number of benzene rings is 1. The van der Waals surface area contributed by atoms with E-state index < -0.39 is 0 Å². The van der Waals surface area contributed by atoms with Gasteiger partial charge in [-0.05, 0) is 30.7 Å². The van der Waals surface area contributed by atoms with Crippen LogP contribution in [0, 0.1) is 0 Å². The molecule has 0 saturated carbocycles. The Morgan fingerprint density at radius 3 is 2.42 bits per heavy atom. The summed E-state index contributed by atoms with van der Waals surface area (Å²) in [5.74, 6) is -0.505. The Bertz CT molecular complexity index is 787. The van der Waals surface area contributed by atoms with Gasteiger partial charge in [0.2, 0.25) is 5.91 Å². The predicted octanol–water partition coefficient (Wildman–Crippen LogP) is 2.75. The Hall–Kier alpha value is -2.73. The monoisotopic (exact) mass is 343 g/mol. The van der Waals surface area contributed by atoms with E-state index in [1.54, 1.807) is 36.4 Å². The fraction of sp³-hybridized carbons (Fsp3) is 0.176.